The number of hydrogen-bond donors (Lipinski definition) is 1. The van der Waals surface area contributed by atoms with Crippen molar-refractivity contribution < 1.29 is 5.11 Å². The first-order chi connectivity index (χ1) is 5.40. The summed E-state index contributed by atoms with van der Waals surface area (Å²) in [6.45, 7) is 0.0321. The molecule has 0 spiro atoms. The van der Waals surface area contributed by atoms with Gasteiger partial charge in [-0.25, -0.2) is 0 Å². The Hall–Kier alpha value is -0.480. The molecule has 1 fully saturated rings. The number of nitrogens with zero attached hydrogens (tertiary/aromatic N) is 2. The van der Waals surface area contributed by atoms with E-state index in [2.05, 4.69) is 10.2 Å². The molecule has 11 heavy (non-hydrogen) atoms. The lowest BCUT2D eigenvalue weighted by atomic mass is 9.86. The second-order valence-electron chi connectivity index (χ2n) is 2.82. The van der Waals surface area contributed by atoms with E-state index >= 15 is 0 Å². The quantitative estimate of drug-likeness (QED) is 0.727. The second kappa shape index (κ2) is 2.87. The fourth-order valence-corrected chi connectivity index (χ4v) is 2.02. The molecule has 0 aromatic carbocycles. The molecule has 60 valence electrons. The van der Waals surface area contributed by atoms with Gasteiger partial charge in [-0.05, 0) is 12.8 Å². The third-order valence-electron chi connectivity index (χ3n) is 2.07. The summed E-state index contributed by atoms with van der Waals surface area (Å²) in [6.07, 6.45) is 3.82. The van der Waals surface area contributed by atoms with Crippen LogP contribution in [0.3, 0.4) is 0 Å². The Morgan fingerprint density at radius 3 is 2.73 bits per heavy atom. The highest BCUT2D eigenvalue weighted by Gasteiger charge is 2.22. The minimum Gasteiger partial charge on any atom is -0.389 e. The maximum atomic E-state index is 8.73. The van der Waals surface area contributed by atoms with E-state index < -0.39 is 0 Å². The van der Waals surface area contributed by atoms with Gasteiger partial charge in [-0.15, -0.1) is 10.2 Å². The van der Waals surface area contributed by atoms with Gasteiger partial charge < -0.3 is 5.11 Å². The van der Waals surface area contributed by atoms with Gasteiger partial charge in [-0.1, -0.05) is 17.8 Å². The minimum absolute atomic E-state index is 0.0321. The fourth-order valence-electron chi connectivity index (χ4n) is 1.15. The van der Waals surface area contributed by atoms with Crippen molar-refractivity contribution in [2.75, 3.05) is 0 Å². The van der Waals surface area contributed by atoms with E-state index in [4.69, 9.17) is 5.11 Å². The molecule has 0 radical (unpaired) electrons. The Morgan fingerprint density at radius 2 is 2.27 bits per heavy atom. The van der Waals surface area contributed by atoms with Crippen LogP contribution in [0.4, 0.5) is 0 Å². The van der Waals surface area contributed by atoms with Crippen LogP contribution >= 0.6 is 11.3 Å². The lowest BCUT2D eigenvalue weighted by Gasteiger charge is -2.21. The van der Waals surface area contributed by atoms with Gasteiger partial charge in [0.25, 0.3) is 0 Å². The van der Waals surface area contributed by atoms with Gasteiger partial charge in [0, 0.05) is 5.92 Å². The molecule has 0 saturated heterocycles. The van der Waals surface area contributed by atoms with Gasteiger partial charge in [0.2, 0.25) is 0 Å². The zero-order chi connectivity index (χ0) is 7.68. The first-order valence-electron chi connectivity index (χ1n) is 3.83. The lowest BCUT2D eigenvalue weighted by molar-refractivity contribution is 0.280. The predicted octanol–water partition coefficient (Wildman–Crippen LogP) is 1.30. The normalized spacial score (nSPS) is 18.3. The summed E-state index contributed by atoms with van der Waals surface area (Å²) in [5, 5.41) is 18.5. The molecule has 0 unspecified atom stereocenters. The summed E-state index contributed by atoms with van der Waals surface area (Å²) in [5.41, 5.74) is 0. The predicted molar refractivity (Wildman–Crippen MR) is 42.4 cm³/mol. The average Bonchev–Trinajstić information content (AvgIpc) is 2.32. The third kappa shape index (κ3) is 1.28. The van der Waals surface area contributed by atoms with Crippen molar-refractivity contribution in [2.24, 2.45) is 0 Å². The molecular formula is C7H10N2OS. The smallest absolute Gasteiger partial charge is 0.143 e. The molecule has 1 saturated carbocycles. The van der Waals surface area contributed by atoms with Crippen LogP contribution in [0.5, 0.6) is 0 Å². The van der Waals surface area contributed by atoms with Crippen LogP contribution < -0.4 is 0 Å². The van der Waals surface area contributed by atoms with Gasteiger partial charge in [-0.3, -0.25) is 0 Å². The zero-order valence-electron chi connectivity index (χ0n) is 6.16. The van der Waals surface area contributed by atoms with Gasteiger partial charge in [0.1, 0.15) is 10.0 Å². The topological polar surface area (TPSA) is 46.0 Å². The van der Waals surface area contributed by atoms with Crippen molar-refractivity contribution in [3.8, 4) is 0 Å². The molecule has 1 aromatic rings. The van der Waals surface area contributed by atoms with Crippen LogP contribution in [0.25, 0.3) is 0 Å². The minimum atomic E-state index is 0.0321. The molecule has 1 heterocycles. The summed E-state index contributed by atoms with van der Waals surface area (Å²) < 4.78 is 0. The molecule has 1 aliphatic carbocycles. The van der Waals surface area contributed by atoms with E-state index in [-0.39, 0.29) is 6.61 Å². The molecule has 2 rings (SSSR count). The van der Waals surface area contributed by atoms with Crippen molar-refractivity contribution >= 4 is 11.3 Å². The molecule has 0 bridgehead atoms. The lowest BCUT2D eigenvalue weighted by Crippen LogP contribution is -2.07. The second-order valence-corrected chi connectivity index (χ2v) is 3.91. The molecule has 1 aliphatic rings. The average molecular weight is 170 g/mol. The highest BCUT2D eigenvalue weighted by molar-refractivity contribution is 7.11. The highest BCUT2D eigenvalue weighted by Crippen LogP contribution is 2.37. The number of aromatic nitrogens is 2. The number of aliphatic hydroxyl groups excluding tert-OH is 1. The Kier molecular flexibility index (Phi) is 1.87. The maximum Gasteiger partial charge on any atom is 0.143 e. The molecule has 4 heteroatoms. The van der Waals surface area contributed by atoms with E-state index in [1.165, 1.54) is 19.3 Å². The maximum absolute atomic E-state index is 8.73. The summed E-state index contributed by atoms with van der Waals surface area (Å²) in [7, 11) is 0. The first kappa shape index (κ1) is 7.18. The van der Waals surface area contributed by atoms with Crippen molar-refractivity contribution in [1.29, 1.82) is 0 Å². The highest BCUT2D eigenvalue weighted by atomic mass is 32.1. The van der Waals surface area contributed by atoms with Crippen molar-refractivity contribution in [2.45, 2.75) is 31.8 Å². The molecule has 0 atom stereocenters. The van der Waals surface area contributed by atoms with Crippen LogP contribution in [0.15, 0.2) is 0 Å². The van der Waals surface area contributed by atoms with Crippen molar-refractivity contribution in [3.63, 3.8) is 0 Å². The largest absolute Gasteiger partial charge is 0.389 e. The third-order valence-corrected chi connectivity index (χ3v) is 3.14. The summed E-state index contributed by atoms with van der Waals surface area (Å²) in [4.78, 5) is 0. The summed E-state index contributed by atoms with van der Waals surface area (Å²) >= 11 is 1.54. The van der Waals surface area contributed by atoms with Crippen molar-refractivity contribution in [3.05, 3.63) is 10.0 Å². The molecule has 0 aliphatic heterocycles. The molecule has 0 amide bonds. The van der Waals surface area contributed by atoms with Gasteiger partial charge in [0.15, 0.2) is 0 Å². The first-order valence-corrected chi connectivity index (χ1v) is 4.65. The van der Waals surface area contributed by atoms with E-state index in [9.17, 15) is 0 Å². The van der Waals surface area contributed by atoms with Gasteiger partial charge >= 0.3 is 0 Å². The van der Waals surface area contributed by atoms with Gasteiger partial charge in [-0.2, -0.15) is 0 Å². The fraction of sp³-hybridized carbons (Fsp3) is 0.714. The molecular weight excluding hydrogens is 160 g/mol. The summed E-state index contributed by atoms with van der Waals surface area (Å²) in [5.74, 6) is 0.646. The van der Waals surface area contributed by atoms with E-state index in [1.54, 1.807) is 11.3 Å². The number of rotatable bonds is 2. The SMILES string of the molecule is OCc1nnc(C2CCC2)s1. The number of hydrogen-bond acceptors (Lipinski definition) is 4. The van der Waals surface area contributed by atoms with Crippen LogP contribution in [0, 0.1) is 0 Å². The Labute approximate surface area is 69.1 Å². The van der Waals surface area contributed by atoms with Crippen LogP contribution in [-0.4, -0.2) is 15.3 Å². The van der Waals surface area contributed by atoms with Gasteiger partial charge in [0.05, 0.1) is 6.61 Å². The van der Waals surface area contributed by atoms with E-state index in [0.717, 1.165) is 10.0 Å². The van der Waals surface area contributed by atoms with E-state index in [1.807, 2.05) is 0 Å². The van der Waals surface area contributed by atoms with Crippen LogP contribution in [-0.2, 0) is 6.61 Å². The Balaban J connectivity index is 2.11. The number of aliphatic hydroxyl groups is 1. The standard InChI is InChI=1S/C7H10N2OS/c10-4-6-8-9-7(11-6)5-2-1-3-5/h5,10H,1-4H2. The molecule has 1 aromatic heterocycles. The van der Waals surface area contributed by atoms with E-state index in [0.29, 0.717) is 5.92 Å². The monoisotopic (exact) mass is 170 g/mol. The summed E-state index contributed by atoms with van der Waals surface area (Å²) in [6, 6.07) is 0. The zero-order valence-corrected chi connectivity index (χ0v) is 6.97. The molecule has 3 nitrogen and oxygen atoms in total. The Bertz CT molecular complexity index is 244. The molecule has 1 N–H and O–H groups in total. The van der Waals surface area contributed by atoms with Crippen molar-refractivity contribution in [1.82, 2.24) is 10.2 Å². The Morgan fingerprint density at radius 1 is 1.45 bits per heavy atom. The van der Waals surface area contributed by atoms with Crippen LogP contribution in [0.1, 0.15) is 35.2 Å². The van der Waals surface area contributed by atoms with Crippen LogP contribution in [0.2, 0.25) is 0 Å².